The van der Waals surface area contributed by atoms with Crippen molar-refractivity contribution in [3.8, 4) is 0 Å². The number of hydrogen-bond donors (Lipinski definition) is 2. The molecule has 2 heterocycles. The van der Waals surface area contributed by atoms with Crippen molar-refractivity contribution in [3.63, 3.8) is 0 Å². The Morgan fingerprint density at radius 3 is 3.09 bits per heavy atom. The molecule has 0 bridgehead atoms. The van der Waals surface area contributed by atoms with Gasteiger partial charge in [-0.15, -0.1) is 0 Å². The SMILES string of the molecule is Nc1nc[n+](F)c2nc[nH]c12. The molecule has 0 amide bonds. The van der Waals surface area contributed by atoms with Crippen LogP contribution in [0.4, 0.5) is 10.3 Å². The van der Waals surface area contributed by atoms with Gasteiger partial charge in [-0.05, 0) is 9.27 Å². The zero-order chi connectivity index (χ0) is 7.84. The van der Waals surface area contributed by atoms with Crippen LogP contribution in [-0.2, 0) is 0 Å². The molecule has 0 aliphatic carbocycles. The first-order valence-electron chi connectivity index (χ1n) is 2.94. The van der Waals surface area contributed by atoms with E-state index in [-0.39, 0.29) is 11.5 Å². The summed E-state index contributed by atoms with van der Waals surface area (Å²) in [6, 6.07) is 0. The van der Waals surface area contributed by atoms with Gasteiger partial charge in [0.2, 0.25) is 5.82 Å². The number of halogens is 1. The average Bonchev–Trinajstić information content (AvgIpc) is 2.45. The van der Waals surface area contributed by atoms with E-state index in [1.54, 1.807) is 0 Å². The van der Waals surface area contributed by atoms with Crippen molar-refractivity contribution in [1.29, 1.82) is 0 Å². The van der Waals surface area contributed by atoms with Crippen LogP contribution in [0.3, 0.4) is 0 Å². The second-order valence-electron chi connectivity index (χ2n) is 2.04. The standard InChI is InChI=1S/C5H4FN5/c6-11-2-10-4(7)3-5(11)9-1-8-3/h1-2H,(H2,7,8,9)/p+1. The average molecular weight is 154 g/mol. The van der Waals surface area contributed by atoms with Crippen LogP contribution in [0.2, 0.25) is 0 Å². The predicted octanol–water partition coefficient (Wildman–Crippen LogP) is -0.440. The van der Waals surface area contributed by atoms with E-state index >= 15 is 0 Å². The zero-order valence-corrected chi connectivity index (χ0v) is 5.45. The number of hydrogen-bond acceptors (Lipinski definition) is 3. The summed E-state index contributed by atoms with van der Waals surface area (Å²) in [4.78, 5) is 10.2. The van der Waals surface area contributed by atoms with Gasteiger partial charge in [-0.1, -0.05) is 9.97 Å². The van der Waals surface area contributed by atoms with Gasteiger partial charge in [0, 0.05) is 0 Å². The molecule has 3 N–H and O–H groups in total. The number of fused-ring (bicyclic) bond motifs is 1. The van der Waals surface area contributed by atoms with Gasteiger partial charge in [0.1, 0.15) is 0 Å². The Hall–Kier alpha value is -1.72. The molecule has 0 atom stereocenters. The lowest BCUT2D eigenvalue weighted by Crippen LogP contribution is -2.24. The normalized spacial score (nSPS) is 10.6. The van der Waals surface area contributed by atoms with Crippen LogP contribution in [0.1, 0.15) is 0 Å². The van der Waals surface area contributed by atoms with Crippen molar-refractivity contribution in [1.82, 2.24) is 15.0 Å². The fraction of sp³-hybridized carbons (Fsp3) is 0. The van der Waals surface area contributed by atoms with Crippen molar-refractivity contribution < 1.29 is 9.27 Å². The Bertz CT molecular complexity index is 359. The molecule has 0 saturated heterocycles. The maximum absolute atomic E-state index is 12.7. The lowest BCUT2D eigenvalue weighted by Gasteiger charge is -1.86. The van der Waals surface area contributed by atoms with E-state index in [1.165, 1.54) is 6.33 Å². The number of nitrogen functional groups attached to an aromatic ring is 1. The molecule has 2 aromatic heterocycles. The number of imidazole rings is 1. The monoisotopic (exact) mass is 154 g/mol. The summed E-state index contributed by atoms with van der Waals surface area (Å²) in [5, 5.41) is 0. The molecule has 2 aromatic rings. The fourth-order valence-corrected chi connectivity index (χ4v) is 0.870. The lowest BCUT2D eigenvalue weighted by molar-refractivity contribution is -0.825. The summed E-state index contributed by atoms with van der Waals surface area (Å²) < 4.78 is 12.7. The minimum atomic E-state index is 0.150. The number of nitrogens with two attached hydrogens (primary N) is 1. The molecule has 0 fully saturated rings. The molecule has 2 rings (SSSR count). The van der Waals surface area contributed by atoms with E-state index in [4.69, 9.17) is 5.73 Å². The third-order valence-corrected chi connectivity index (χ3v) is 1.38. The first-order valence-corrected chi connectivity index (χ1v) is 2.94. The van der Waals surface area contributed by atoms with Crippen molar-refractivity contribution in [2.45, 2.75) is 0 Å². The fourth-order valence-electron chi connectivity index (χ4n) is 0.870. The van der Waals surface area contributed by atoms with Crippen LogP contribution < -0.4 is 10.5 Å². The molecule has 0 radical (unpaired) electrons. The minimum Gasteiger partial charge on any atom is -0.368 e. The van der Waals surface area contributed by atoms with Gasteiger partial charge in [0.05, 0.1) is 0 Å². The number of aromatic nitrogens is 4. The van der Waals surface area contributed by atoms with Crippen LogP contribution in [0, 0.1) is 0 Å². The molecule has 0 unspecified atom stereocenters. The summed E-state index contributed by atoms with van der Waals surface area (Å²) in [6.45, 7) is 0. The topological polar surface area (TPSA) is 71.5 Å². The molecular weight excluding hydrogens is 149 g/mol. The highest BCUT2D eigenvalue weighted by atomic mass is 19.2. The van der Waals surface area contributed by atoms with Crippen molar-refractivity contribution >= 4 is 17.0 Å². The maximum atomic E-state index is 12.7. The van der Waals surface area contributed by atoms with E-state index in [2.05, 4.69) is 15.0 Å². The second-order valence-corrected chi connectivity index (χ2v) is 2.04. The molecule has 0 saturated carbocycles. The highest BCUT2D eigenvalue weighted by molar-refractivity contribution is 5.77. The Kier molecular flexibility index (Phi) is 1.03. The molecule has 5 nitrogen and oxygen atoms in total. The molecule has 0 aliphatic rings. The van der Waals surface area contributed by atoms with Crippen LogP contribution in [-0.4, -0.2) is 15.0 Å². The first-order chi connectivity index (χ1) is 5.29. The van der Waals surface area contributed by atoms with Crippen molar-refractivity contribution in [2.75, 3.05) is 5.73 Å². The molecule has 0 spiro atoms. The zero-order valence-electron chi connectivity index (χ0n) is 5.45. The second kappa shape index (κ2) is 1.88. The highest BCUT2D eigenvalue weighted by Gasteiger charge is 2.13. The third-order valence-electron chi connectivity index (χ3n) is 1.38. The quantitative estimate of drug-likeness (QED) is 0.540. The number of aromatic amines is 1. The van der Waals surface area contributed by atoms with Crippen LogP contribution in [0.15, 0.2) is 12.7 Å². The Balaban J connectivity index is 2.96. The van der Waals surface area contributed by atoms with Gasteiger partial charge in [0.25, 0.3) is 6.33 Å². The summed E-state index contributed by atoms with van der Waals surface area (Å²) >= 11 is 0. The first kappa shape index (κ1) is 6.02. The largest absolute Gasteiger partial charge is 0.368 e. The molecular formula is C5H5FN5+. The van der Waals surface area contributed by atoms with E-state index in [0.717, 1.165) is 6.33 Å². The van der Waals surface area contributed by atoms with Crippen molar-refractivity contribution in [2.24, 2.45) is 0 Å². The van der Waals surface area contributed by atoms with E-state index in [0.29, 0.717) is 10.3 Å². The van der Waals surface area contributed by atoms with Crippen molar-refractivity contribution in [3.05, 3.63) is 12.7 Å². The Labute approximate surface area is 60.6 Å². The molecule has 11 heavy (non-hydrogen) atoms. The lowest BCUT2D eigenvalue weighted by atomic mass is 10.5. The number of H-pyrrole nitrogens is 1. The molecule has 0 aliphatic heterocycles. The van der Waals surface area contributed by atoms with Gasteiger partial charge in [-0.25, -0.2) is 0 Å². The van der Waals surface area contributed by atoms with Gasteiger partial charge < -0.3 is 10.7 Å². The van der Waals surface area contributed by atoms with Crippen LogP contribution >= 0.6 is 0 Å². The highest BCUT2D eigenvalue weighted by Crippen LogP contribution is 2.08. The van der Waals surface area contributed by atoms with Gasteiger partial charge in [-0.3, -0.25) is 0 Å². The summed E-state index contributed by atoms with van der Waals surface area (Å²) in [7, 11) is 0. The van der Waals surface area contributed by atoms with Gasteiger partial charge >= 0.3 is 5.65 Å². The number of rotatable bonds is 0. The predicted molar refractivity (Wildman–Crippen MR) is 35.0 cm³/mol. The van der Waals surface area contributed by atoms with E-state index in [9.17, 15) is 4.48 Å². The smallest absolute Gasteiger partial charge is 0.326 e. The number of anilines is 1. The van der Waals surface area contributed by atoms with Gasteiger partial charge in [-0.2, -0.15) is 0 Å². The Morgan fingerprint density at radius 1 is 1.55 bits per heavy atom. The van der Waals surface area contributed by atoms with Crippen LogP contribution in [0.25, 0.3) is 11.2 Å². The molecule has 0 aromatic carbocycles. The van der Waals surface area contributed by atoms with E-state index in [1.807, 2.05) is 0 Å². The van der Waals surface area contributed by atoms with Crippen LogP contribution in [0.5, 0.6) is 0 Å². The third kappa shape index (κ3) is 0.721. The minimum absolute atomic E-state index is 0.150. The molecule has 56 valence electrons. The summed E-state index contributed by atoms with van der Waals surface area (Å²) in [5.41, 5.74) is 5.97. The Morgan fingerprint density at radius 2 is 2.36 bits per heavy atom. The maximum Gasteiger partial charge on any atom is 0.326 e. The molecule has 6 heteroatoms. The van der Waals surface area contributed by atoms with E-state index < -0.39 is 0 Å². The summed E-state index contributed by atoms with van der Waals surface area (Å²) in [6.07, 6.45) is 2.33. The number of nitrogens with one attached hydrogen (secondary N) is 1. The van der Waals surface area contributed by atoms with Gasteiger partial charge in [0.15, 0.2) is 11.8 Å². The number of nitrogens with zero attached hydrogens (tertiary/aromatic N) is 3. The summed E-state index contributed by atoms with van der Waals surface area (Å²) in [5.74, 6) is 0.242.